The molecule has 0 aliphatic rings. The summed E-state index contributed by atoms with van der Waals surface area (Å²) in [4.78, 5) is 11.9. The molecule has 1 aromatic carbocycles. The van der Waals surface area contributed by atoms with Gasteiger partial charge in [0.05, 0.1) is 12.2 Å². The number of quaternary nitrogens is 1. The van der Waals surface area contributed by atoms with Gasteiger partial charge in [0.1, 0.15) is 5.69 Å². The molecule has 0 saturated carbocycles. The Bertz CT molecular complexity index is 650. The fourth-order valence-electron chi connectivity index (χ4n) is 2.11. The van der Waals surface area contributed by atoms with E-state index in [2.05, 4.69) is 0 Å². The Labute approximate surface area is 126 Å². The van der Waals surface area contributed by atoms with Crippen LogP contribution in [0.3, 0.4) is 0 Å². The van der Waals surface area contributed by atoms with Crippen molar-refractivity contribution in [1.29, 1.82) is 0 Å². The molecule has 112 valence electrons. The Kier molecular flexibility index (Phi) is 4.64. The maximum atomic E-state index is 11.9. The van der Waals surface area contributed by atoms with Crippen LogP contribution < -0.4 is 5.23 Å². The van der Waals surface area contributed by atoms with E-state index < -0.39 is 11.2 Å². The normalized spacial score (nSPS) is 12.2. The first-order valence-corrected chi connectivity index (χ1v) is 6.69. The Morgan fingerprint density at radius 3 is 2.57 bits per heavy atom. The first-order chi connectivity index (χ1) is 9.95. The zero-order chi connectivity index (χ0) is 15.6. The van der Waals surface area contributed by atoms with Crippen LogP contribution in [0.1, 0.15) is 17.4 Å². The van der Waals surface area contributed by atoms with Gasteiger partial charge in [0, 0.05) is 12.1 Å². The van der Waals surface area contributed by atoms with Crippen LogP contribution in [0.5, 0.6) is 0 Å². The average molecular weight is 311 g/mol. The van der Waals surface area contributed by atoms with Gasteiger partial charge in [0.15, 0.2) is 0 Å². The number of benzene rings is 1. The molecule has 0 fully saturated rings. The molecule has 0 aliphatic heterocycles. The predicted molar refractivity (Wildman–Crippen MR) is 77.6 cm³/mol. The molecule has 1 atom stereocenters. The van der Waals surface area contributed by atoms with Crippen molar-refractivity contribution in [1.82, 2.24) is 4.57 Å². The van der Waals surface area contributed by atoms with Crippen molar-refractivity contribution in [2.45, 2.75) is 6.92 Å². The summed E-state index contributed by atoms with van der Waals surface area (Å²) in [6.45, 7) is 1.92. The maximum absolute atomic E-state index is 11.9. The van der Waals surface area contributed by atoms with Crippen LogP contribution in [0.2, 0.25) is 5.02 Å². The van der Waals surface area contributed by atoms with Gasteiger partial charge in [0.2, 0.25) is 5.82 Å². The molecule has 0 saturated heterocycles. The number of halogens is 1. The van der Waals surface area contributed by atoms with Gasteiger partial charge in [-0.25, -0.2) is 10.0 Å². The van der Waals surface area contributed by atoms with Crippen molar-refractivity contribution in [2.75, 3.05) is 6.61 Å². The average Bonchev–Trinajstić information content (AvgIpc) is 2.77. The van der Waals surface area contributed by atoms with Crippen LogP contribution in [0.25, 0.3) is 11.1 Å². The molecule has 1 aromatic heterocycles. The third kappa shape index (κ3) is 3.08. The molecule has 2 rings (SSSR count). The van der Waals surface area contributed by atoms with E-state index in [1.165, 1.54) is 17.7 Å². The zero-order valence-electron chi connectivity index (χ0n) is 11.6. The van der Waals surface area contributed by atoms with Crippen molar-refractivity contribution in [3.8, 4) is 11.1 Å². The number of hydrogen-bond donors (Lipinski definition) is 2. The van der Waals surface area contributed by atoms with Crippen LogP contribution >= 0.6 is 11.6 Å². The summed E-state index contributed by atoms with van der Waals surface area (Å²) in [6, 6.07) is 8.27. The second kappa shape index (κ2) is 6.28. The first kappa shape index (κ1) is 15.5. The van der Waals surface area contributed by atoms with Crippen LogP contribution in [0.15, 0.2) is 30.3 Å². The molecule has 21 heavy (non-hydrogen) atoms. The number of carbonyl (C=O) groups excluding carboxylic acids is 1. The Morgan fingerprint density at radius 1 is 1.43 bits per heavy atom. The molecule has 0 aliphatic carbocycles. The quantitative estimate of drug-likeness (QED) is 0.668. The van der Waals surface area contributed by atoms with Gasteiger partial charge in [0.25, 0.3) is 0 Å². The number of esters is 1. The van der Waals surface area contributed by atoms with E-state index in [4.69, 9.17) is 16.3 Å². The zero-order valence-corrected chi connectivity index (χ0v) is 12.3. The summed E-state index contributed by atoms with van der Waals surface area (Å²) in [7, 11) is 1.52. The van der Waals surface area contributed by atoms with E-state index in [0.717, 1.165) is 0 Å². The van der Waals surface area contributed by atoms with Gasteiger partial charge in [-0.15, -0.1) is 0 Å². The summed E-state index contributed by atoms with van der Waals surface area (Å²) in [5.41, 5.74) is 1.31. The molecular weight excluding hydrogens is 296 g/mol. The SMILES string of the molecule is CCOC(=O)c1cc(-c2ccc(Cl)cc2)c([NH+]([O-])O)n1C. The van der Waals surface area contributed by atoms with Crippen molar-refractivity contribution in [3.05, 3.63) is 46.3 Å². The Balaban J connectivity index is 2.57. The lowest BCUT2D eigenvalue weighted by Crippen LogP contribution is -2.99. The van der Waals surface area contributed by atoms with Crippen LogP contribution in [0.4, 0.5) is 5.82 Å². The highest BCUT2D eigenvalue weighted by atomic mass is 35.5. The summed E-state index contributed by atoms with van der Waals surface area (Å²) in [5.74, 6) is -0.525. The van der Waals surface area contributed by atoms with E-state index >= 15 is 0 Å². The van der Waals surface area contributed by atoms with E-state index in [9.17, 15) is 15.2 Å². The van der Waals surface area contributed by atoms with Crippen molar-refractivity contribution >= 4 is 23.4 Å². The van der Waals surface area contributed by atoms with Crippen molar-refractivity contribution < 1.29 is 20.0 Å². The highest BCUT2D eigenvalue weighted by Crippen LogP contribution is 2.30. The molecule has 7 heteroatoms. The maximum Gasteiger partial charge on any atom is 0.355 e. The highest BCUT2D eigenvalue weighted by Gasteiger charge is 2.24. The third-order valence-corrected chi connectivity index (χ3v) is 3.33. The first-order valence-electron chi connectivity index (χ1n) is 6.31. The molecular formula is C14H15ClN2O4. The lowest BCUT2D eigenvalue weighted by molar-refractivity contribution is -0.993. The number of hydrogen-bond acceptors (Lipinski definition) is 4. The number of nitrogens with one attached hydrogen (secondary N) is 1. The van der Waals surface area contributed by atoms with E-state index in [1.54, 1.807) is 31.2 Å². The molecule has 0 amide bonds. The second-order valence-corrected chi connectivity index (χ2v) is 4.82. The molecule has 0 radical (unpaired) electrons. The number of carbonyl (C=O) groups is 1. The van der Waals surface area contributed by atoms with Gasteiger partial charge in [-0.05, 0) is 30.7 Å². The topological polar surface area (TPSA) is 79.0 Å². The molecule has 1 heterocycles. The Morgan fingerprint density at radius 2 is 2.05 bits per heavy atom. The van der Waals surface area contributed by atoms with Crippen molar-refractivity contribution in [3.63, 3.8) is 0 Å². The number of rotatable bonds is 4. The number of aromatic nitrogens is 1. The lowest BCUT2D eigenvalue weighted by Gasteiger charge is -2.15. The smallest absolute Gasteiger partial charge is 0.355 e. The van der Waals surface area contributed by atoms with E-state index in [1.807, 2.05) is 0 Å². The van der Waals surface area contributed by atoms with Gasteiger partial charge in [-0.2, -0.15) is 5.23 Å². The lowest BCUT2D eigenvalue weighted by atomic mass is 10.1. The molecule has 0 bridgehead atoms. The van der Waals surface area contributed by atoms with Gasteiger partial charge >= 0.3 is 5.97 Å². The highest BCUT2D eigenvalue weighted by molar-refractivity contribution is 6.30. The monoisotopic (exact) mass is 310 g/mol. The van der Waals surface area contributed by atoms with Gasteiger partial charge in [-0.3, -0.25) is 4.57 Å². The summed E-state index contributed by atoms with van der Waals surface area (Å²) >= 11 is 5.83. The fraction of sp³-hybridized carbons (Fsp3) is 0.214. The molecule has 2 N–H and O–H groups in total. The summed E-state index contributed by atoms with van der Waals surface area (Å²) < 4.78 is 6.26. The van der Waals surface area contributed by atoms with Crippen molar-refractivity contribution in [2.24, 2.45) is 7.05 Å². The van der Waals surface area contributed by atoms with Crippen LogP contribution in [0, 0.1) is 5.21 Å². The molecule has 1 unspecified atom stereocenters. The fourth-order valence-corrected chi connectivity index (χ4v) is 2.24. The van der Waals surface area contributed by atoms with Crippen LogP contribution in [-0.4, -0.2) is 22.4 Å². The number of nitrogens with zero attached hydrogens (tertiary/aromatic N) is 1. The minimum atomic E-state index is -1.11. The molecule has 6 nitrogen and oxygen atoms in total. The standard InChI is InChI=1S/C14H15ClN2O4/c1-3-21-14(18)12-8-11(13(16(12)2)17(19)20)9-4-6-10(15)7-5-9/h4-8,17,19H,3H2,1-2H3. The third-order valence-electron chi connectivity index (χ3n) is 3.08. The van der Waals surface area contributed by atoms with E-state index in [-0.39, 0.29) is 18.1 Å². The minimum absolute atomic E-state index is 0.0281. The largest absolute Gasteiger partial charge is 0.594 e. The van der Waals surface area contributed by atoms with Gasteiger partial charge in [-0.1, -0.05) is 23.7 Å². The molecule has 0 spiro atoms. The van der Waals surface area contributed by atoms with E-state index in [0.29, 0.717) is 16.1 Å². The summed E-state index contributed by atoms with van der Waals surface area (Å²) in [6.07, 6.45) is 0. The molecule has 2 aromatic rings. The second-order valence-electron chi connectivity index (χ2n) is 4.38. The number of ether oxygens (including phenoxy) is 1. The van der Waals surface area contributed by atoms with Gasteiger partial charge < -0.3 is 9.94 Å². The van der Waals surface area contributed by atoms with Crippen LogP contribution in [-0.2, 0) is 11.8 Å². The minimum Gasteiger partial charge on any atom is -0.594 e. The predicted octanol–water partition coefficient (Wildman–Crippen LogP) is 1.93. The summed E-state index contributed by atoms with van der Waals surface area (Å²) in [5, 5.41) is 20.3. The Hall–Kier alpha value is -1.86.